The van der Waals surface area contributed by atoms with Gasteiger partial charge in [-0.05, 0) is 36.0 Å². The number of anilines is 1. The zero-order valence-electron chi connectivity index (χ0n) is 12.3. The van der Waals surface area contributed by atoms with Gasteiger partial charge in [0.15, 0.2) is 0 Å². The molecule has 0 heterocycles. The first-order chi connectivity index (χ1) is 10.2. The molecule has 3 nitrogen and oxygen atoms in total. The van der Waals surface area contributed by atoms with Crippen molar-refractivity contribution < 1.29 is 9.84 Å². The van der Waals surface area contributed by atoms with Crippen LogP contribution < -0.4 is 10.5 Å². The van der Waals surface area contributed by atoms with Crippen molar-refractivity contribution in [3.05, 3.63) is 59.2 Å². The van der Waals surface area contributed by atoms with Crippen molar-refractivity contribution in [2.75, 3.05) is 12.8 Å². The summed E-state index contributed by atoms with van der Waals surface area (Å²) in [6.07, 6.45) is 3.09. The van der Waals surface area contributed by atoms with E-state index in [0.29, 0.717) is 22.9 Å². The first kappa shape index (κ1) is 14.0. The molecule has 1 unspecified atom stereocenters. The normalized spacial score (nSPS) is 16.3. The molecule has 0 saturated heterocycles. The minimum atomic E-state index is -0.722. The molecule has 0 aromatic heterocycles. The minimum Gasteiger partial charge on any atom is -0.495 e. The van der Waals surface area contributed by atoms with E-state index in [1.54, 1.807) is 13.2 Å². The van der Waals surface area contributed by atoms with Gasteiger partial charge in [0.2, 0.25) is 0 Å². The van der Waals surface area contributed by atoms with E-state index < -0.39 is 6.10 Å². The number of para-hydroxylation sites is 1. The van der Waals surface area contributed by atoms with Crippen LogP contribution in [0.25, 0.3) is 0 Å². The number of ether oxygens (including phenoxy) is 1. The Balaban J connectivity index is 1.93. The molecule has 0 spiro atoms. The van der Waals surface area contributed by atoms with Crippen molar-refractivity contribution in [1.29, 1.82) is 0 Å². The van der Waals surface area contributed by atoms with Crippen molar-refractivity contribution in [3.8, 4) is 5.75 Å². The van der Waals surface area contributed by atoms with Gasteiger partial charge in [-0.2, -0.15) is 0 Å². The van der Waals surface area contributed by atoms with Crippen LogP contribution in [0.4, 0.5) is 5.69 Å². The third-order valence-electron chi connectivity index (χ3n) is 4.42. The van der Waals surface area contributed by atoms with Gasteiger partial charge in [0.1, 0.15) is 11.9 Å². The van der Waals surface area contributed by atoms with Crippen molar-refractivity contribution in [1.82, 2.24) is 0 Å². The lowest BCUT2D eigenvalue weighted by Crippen LogP contribution is -2.10. The average Bonchev–Trinajstić information content (AvgIpc) is 2.45. The lowest BCUT2D eigenvalue weighted by Gasteiger charge is -2.26. The van der Waals surface area contributed by atoms with Crippen LogP contribution in [0.1, 0.15) is 48.0 Å². The second-order valence-electron chi connectivity index (χ2n) is 5.66. The summed E-state index contributed by atoms with van der Waals surface area (Å²) >= 11 is 0. The van der Waals surface area contributed by atoms with Gasteiger partial charge < -0.3 is 15.6 Å². The fraction of sp³-hybridized carbons (Fsp3) is 0.333. The van der Waals surface area contributed by atoms with Crippen LogP contribution in [0.15, 0.2) is 42.5 Å². The molecule has 1 aliphatic rings. The number of methoxy groups -OCH3 is 1. The van der Waals surface area contributed by atoms with Gasteiger partial charge in [-0.25, -0.2) is 0 Å². The van der Waals surface area contributed by atoms with Crippen LogP contribution in [0.2, 0.25) is 0 Å². The van der Waals surface area contributed by atoms with Crippen LogP contribution in [0, 0.1) is 0 Å². The van der Waals surface area contributed by atoms with Crippen molar-refractivity contribution >= 4 is 5.69 Å². The largest absolute Gasteiger partial charge is 0.495 e. The number of aliphatic hydroxyl groups is 1. The highest BCUT2D eigenvalue weighted by atomic mass is 16.5. The molecule has 0 amide bonds. The second kappa shape index (κ2) is 5.78. The first-order valence-corrected chi connectivity index (χ1v) is 7.41. The summed E-state index contributed by atoms with van der Waals surface area (Å²) in [6, 6.07) is 13.7. The fourth-order valence-electron chi connectivity index (χ4n) is 2.88. The number of rotatable bonds is 4. The predicted molar refractivity (Wildman–Crippen MR) is 84.5 cm³/mol. The lowest BCUT2D eigenvalue weighted by atomic mass is 9.79. The smallest absolute Gasteiger partial charge is 0.142 e. The number of hydrogen-bond acceptors (Lipinski definition) is 3. The summed E-state index contributed by atoms with van der Waals surface area (Å²) in [7, 11) is 1.58. The molecule has 21 heavy (non-hydrogen) atoms. The molecule has 3 heteroatoms. The molecule has 0 aliphatic heterocycles. The maximum Gasteiger partial charge on any atom is 0.142 e. The van der Waals surface area contributed by atoms with E-state index in [4.69, 9.17) is 10.5 Å². The monoisotopic (exact) mass is 283 g/mol. The van der Waals surface area contributed by atoms with E-state index in [9.17, 15) is 5.11 Å². The summed E-state index contributed by atoms with van der Waals surface area (Å²) in [5, 5.41) is 10.7. The lowest BCUT2D eigenvalue weighted by molar-refractivity contribution is 0.220. The quantitative estimate of drug-likeness (QED) is 0.842. The van der Waals surface area contributed by atoms with Crippen molar-refractivity contribution in [3.63, 3.8) is 0 Å². The molecule has 2 aromatic carbocycles. The Bertz CT molecular complexity index is 635. The van der Waals surface area contributed by atoms with Gasteiger partial charge in [-0.15, -0.1) is 0 Å². The number of hydrogen-bond donors (Lipinski definition) is 2. The van der Waals surface area contributed by atoms with Gasteiger partial charge >= 0.3 is 0 Å². The molecule has 1 aliphatic carbocycles. The van der Waals surface area contributed by atoms with Crippen LogP contribution in [-0.2, 0) is 0 Å². The van der Waals surface area contributed by atoms with Gasteiger partial charge in [0.05, 0.1) is 12.8 Å². The highest BCUT2D eigenvalue weighted by Crippen LogP contribution is 2.38. The maximum atomic E-state index is 10.7. The molecule has 0 radical (unpaired) electrons. The van der Waals surface area contributed by atoms with Gasteiger partial charge in [0, 0.05) is 5.56 Å². The van der Waals surface area contributed by atoms with Crippen LogP contribution in [0.5, 0.6) is 5.75 Å². The molecule has 0 bridgehead atoms. The third-order valence-corrected chi connectivity index (χ3v) is 4.42. The Morgan fingerprint density at radius 2 is 1.95 bits per heavy atom. The van der Waals surface area contributed by atoms with Crippen LogP contribution in [-0.4, -0.2) is 12.2 Å². The number of benzene rings is 2. The molecule has 1 saturated carbocycles. The average molecular weight is 283 g/mol. The molecular formula is C18H21NO2. The number of nitrogens with two attached hydrogens (primary N) is 1. The molecule has 2 aromatic rings. The van der Waals surface area contributed by atoms with E-state index in [1.807, 2.05) is 24.3 Å². The Morgan fingerprint density at radius 3 is 2.62 bits per heavy atom. The van der Waals surface area contributed by atoms with Crippen molar-refractivity contribution in [2.24, 2.45) is 0 Å². The minimum absolute atomic E-state index is 0.501. The molecule has 3 N–H and O–H groups in total. The van der Waals surface area contributed by atoms with Crippen LogP contribution in [0.3, 0.4) is 0 Å². The summed E-state index contributed by atoms with van der Waals surface area (Å²) in [4.78, 5) is 0. The predicted octanol–water partition coefficient (Wildman–Crippen LogP) is 3.63. The standard InChI is InChI=1S/C18H21NO2/c1-21-16-10-4-9-15(17(16)19)18(20)14-8-3-7-13(11-14)12-5-2-6-12/h3-4,7-12,18,20H,2,5-6,19H2,1H3. The summed E-state index contributed by atoms with van der Waals surface area (Å²) in [6.45, 7) is 0. The topological polar surface area (TPSA) is 55.5 Å². The van der Waals surface area contributed by atoms with Crippen LogP contribution >= 0.6 is 0 Å². The molecule has 3 rings (SSSR count). The van der Waals surface area contributed by atoms with Crippen molar-refractivity contribution in [2.45, 2.75) is 31.3 Å². The zero-order chi connectivity index (χ0) is 14.8. The highest BCUT2D eigenvalue weighted by molar-refractivity contribution is 5.60. The Hall–Kier alpha value is -2.00. The number of nitrogen functional groups attached to an aromatic ring is 1. The highest BCUT2D eigenvalue weighted by Gasteiger charge is 2.21. The molecule has 110 valence electrons. The third kappa shape index (κ3) is 2.61. The first-order valence-electron chi connectivity index (χ1n) is 7.41. The van der Waals surface area contributed by atoms with Gasteiger partial charge in [-0.1, -0.05) is 42.8 Å². The maximum absolute atomic E-state index is 10.7. The SMILES string of the molecule is COc1cccc(C(O)c2cccc(C3CCC3)c2)c1N. The van der Waals surface area contributed by atoms with Gasteiger partial charge in [-0.3, -0.25) is 0 Å². The fourth-order valence-corrected chi connectivity index (χ4v) is 2.88. The Kier molecular flexibility index (Phi) is 3.84. The summed E-state index contributed by atoms with van der Waals surface area (Å²) in [5.41, 5.74) is 9.49. The summed E-state index contributed by atoms with van der Waals surface area (Å²) < 4.78 is 5.22. The van der Waals surface area contributed by atoms with E-state index in [1.165, 1.54) is 24.8 Å². The Morgan fingerprint density at radius 1 is 1.19 bits per heavy atom. The van der Waals surface area contributed by atoms with Gasteiger partial charge in [0.25, 0.3) is 0 Å². The van der Waals surface area contributed by atoms with E-state index in [-0.39, 0.29) is 0 Å². The zero-order valence-corrected chi connectivity index (χ0v) is 12.3. The summed E-state index contributed by atoms with van der Waals surface area (Å²) in [5.74, 6) is 1.25. The molecule has 1 atom stereocenters. The second-order valence-corrected chi connectivity index (χ2v) is 5.66. The molecular weight excluding hydrogens is 262 g/mol. The van der Waals surface area contributed by atoms with E-state index in [2.05, 4.69) is 12.1 Å². The molecule has 1 fully saturated rings. The number of aliphatic hydroxyl groups excluding tert-OH is 1. The van der Waals surface area contributed by atoms with E-state index >= 15 is 0 Å². The Labute approximate surface area is 125 Å². The van der Waals surface area contributed by atoms with E-state index in [0.717, 1.165) is 5.56 Å².